The predicted octanol–water partition coefficient (Wildman–Crippen LogP) is 2.40. The molecule has 0 radical (unpaired) electrons. The molecule has 0 aliphatic carbocycles. The molecule has 1 aromatic carbocycles. The van der Waals surface area contributed by atoms with E-state index in [0.29, 0.717) is 39.4 Å². The largest absolute Gasteiger partial charge is 0.363 e. The summed E-state index contributed by atoms with van der Waals surface area (Å²) in [6.07, 6.45) is 2.68. The topological polar surface area (TPSA) is 132 Å². The molecule has 0 unspecified atom stereocenters. The summed E-state index contributed by atoms with van der Waals surface area (Å²) in [5.41, 5.74) is 1.37. The summed E-state index contributed by atoms with van der Waals surface area (Å²) in [5, 5.41) is 8.37. The number of pyridine rings is 1. The Labute approximate surface area is 207 Å². The number of nitrogens with one attached hydrogen (secondary N) is 2. The number of carbonyl (C=O) groups excluding carboxylic acids is 1. The Morgan fingerprint density at radius 3 is 2.69 bits per heavy atom. The van der Waals surface area contributed by atoms with Crippen LogP contribution in [0.2, 0.25) is 0 Å². The van der Waals surface area contributed by atoms with Crippen molar-refractivity contribution in [2.24, 2.45) is 0 Å². The van der Waals surface area contributed by atoms with Gasteiger partial charge in [0.2, 0.25) is 10.0 Å². The number of carbonyl (C=O) groups is 1. The van der Waals surface area contributed by atoms with Crippen molar-refractivity contribution in [1.29, 1.82) is 0 Å². The van der Waals surface area contributed by atoms with Crippen LogP contribution in [-0.2, 0) is 33.3 Å². The smallest absolute Gasteiger partial charge is 0.209 e. The Kier molecular flexibility index (Phi) is 5.80. The molecule has 5 rings (SSSR count). The van der Waals surface area contributed by atoms with Gasteiger partial charge in [0.1, 0.15) is 17.3 Å². The number of anilines is 1. The molecular weight excluding hydrogens is 485 g/mol. The quantitative estimate of drug-likeness (QED) is 0.405. The molecule has 0 atom stereocenters. The molecule has 1 aliphatic heterocycles. The summed E-state index contributed by atoms with van der Waals surface area (Å²) >= 11 is 0. The summed E-state index contributed by atoms with van der Waals surface area (Å²) in [6, 6.07) is 10.0. The van der Waals surface area contributed by atoms with Crippen LogP contribution in [0.4, 0.5) is 10.2 Å². The maximum absolute atomic E-state index is 14.4. The van der Waals surface area contributed by atoms with Crippen molar-refractivity contribution < 1.29 is 17.6 Å². The van der Waals surface area contributed by atoms with E-state index < -0.39 is 15.4 Å². The minimum atomic E-state index is -3.53. The Hall–Kier alpha value is -3.77. The molecule has 186 valence electrons. The number of sulfonamides is 1. The highest BCUT2D eigenvalue weighted by atomic mass is 32.2. The maximum atomic E-state index is 14.4. The number of Topliss-reactive ketones (excluding diaryl/α,β-unsaturated/α-hetero) is 1. The molecule has 3 aromatic heterocycles. The van der Waals surface area contributed by atoms with Gasteiger partial charge in [0.05, 0.1) is 42.4 Å². The standard InChI is InChI=1S/C24H24FN7O3S/c1-24(2)18(33)12-27-21-19(24)17(11-28-36(3,34)35)29-22(30-21)20-15-8-6-10-26-23(15)32(31-20)13-14-7-4-5-9-16(14)25/h4-10,28H,11-13H2,1-3H3,(H,27,29,30). The van der Waals surface area contributed by atoms with Crippen LogP contribution < -0.4 is 10.0 Å². The van der Waals surface area contributed by atoms with Gasteiger partial charge in [-0.15, -0.1) is 0 Å². The van der Waals surface area contributed by atoms with E-state index in [9.17, 15) is 17.6 Å². The van der Waals surface area contributed by atoms with Crippen molar-refractivity contribution in [3.05, 3.63) is 65.2 Å². The Bertz CT molecular complexity index is 1620. The molecular formula is C24H24FN7O3S. The van der Waals surface area contributed by atoms with E-state index in [0.717, 1.165) is 6.26 Å². The molecule has 4 aromatic rings. The van der Waals surface area contributed by atoms with Crippen molar-refractivity contribution in [1.82, 2.24) is 29.5 Å². The van der Waals surface area contributed by atoms with Crippen LogP contribution in [0.15, 0.2) is 42.6 Å². The number of ketones is 1. The third-order valence-electron chi connectivity index (χ3n) is 6.22. The molecule has 2 N–H and O–H groups in total. The molecule has 12 heteroatoms. The maximum Gasteiger partial charge on any atom is 0.209 e. The lowest BCUT2D eigenvalue weighted by Gasteiger charge is -2.32. The molecule has 0 saturated heterocycles. The van der Waals surface area contributed by atoms with E-state index in [1.54, 1.807) is 49.0 Å². The summed E-state index contributed by atoms with van der Waals surface area (Å²) in [7, 11) is -3.53. The number of nitrogens with zero attached hydrogens (tertiary/aromatic N) is 5. The van der Waals surface area contributed by atoms with Gasteiger partial charge in [0.25, 0.3) is 0 Å². The zero-order valence-corrected chi connectivity index (χ0v) is 20.7. The monoisotopic (exact) mass is 509 g/mol. The van der Waals surface area contributed by atoms with Crippen molar-refractivity contribution in [3.8, 4) is 11.5 Å². The molecule has 0 saturated carbocycles. The Balaban J connectivity index is 1.68. The van der Waals surface area contributed by atoms with Gasteiger partial charge >= 0.3 is 0 Å². The van der Waals surface area contributed by atoms with E-state index in [4.69, 9.17) is 0 Å². The van der Waals surface area contributed by atoms with Crippen LogP contribution in [0.5, 0.6) is 0 Å². The number of fused-ring (bicyclic) bond motifs is 2. The highest BCUT2D eigenvalue weighted by Crippen LogP contribution is 2.37. The van der Waals surface area contributed by atoms with Gasteiger partial charge in [-0.25, -0.2) is 37.2 Å². The first-order valence-electron chi connectivity index (χ1n) is 11.2. The SMILES string of the molecule is CC1(C)C(=O)CNc2nc(-c3nn(Cc4ccccc4F)c4ncccc34)nc(CNS(C)(=O)=O)c21. The van der Waals surface area contributed by atoms with Crippen molar-refractivity contribution in [3.63, 3.8) is 0 Å². The van der Waals surface area contributed by atoms with Gasteiger partial charge in [-0.1, -0.05) is 18.2 Å². The van der Waals surface area contributed by atoms with Gasteiger partial charge in [0.15, 0.2) is 17.3 Å². The molecule has 0 fully saturated rings. The third kappa shape index (κ3) is 4.33. The minimum Gasteiger partial charge on any atom is -0.363 e. The molecule has 0 amide bonds. The van der Waals surface area contributed by atoms with Crippen molar-refractivity contribution >= 4 is 32.7 Å². The van der Waals surface area contributed by atoms with Crippen LogP contribution in [0, 0.1) is 5.82 Å². The lowest BCUT2D eigenvalue weighted by Crippen LogP contribution is -2.41. The van der Waals surface area contributed by atoms with Gasteiger partial charge in [-0.05, 0) is 32.0 Å². The fourth-order valence-corrected chi connectivity index (χ4v) is 4.72. The number of benzene rings is 1. The number of hydrogen-bond acceptors (Lipinski definition) is 8. The Morgan fingerprint density at radius 1 is 1.17 bits per heavy atom. The number of halogens is 1. The third-order valence-corrected chi connectivity index (χ3v) is 6.89. The Morgan fingerprint density at radius 2 is 1.94 bits per heavy atom. The van der Waals surface area contributed by atoms with Gasteiger partial charge in [-0.3, -0.25) is 4.79 Å². The molecule has 0 spiro atoms. The molecule has 36 heavy (non-hydrogen) atoms. The first-order valence-corrected chi connectivity index (χ1v) is 13.1. The summed E-state index contributed by atoms with van der Waals surface area (Å²) < 4.78 is 42.1. The second-order valence-corrected chi connectivity index (χ2v) is 11.0. The van der Waals surface area contributed by atoms with Crippen molar-refractivity contribution in [2.45, 2.75) is 32.4 Å². The number of aromatic nitrogens is 5. The lowest BCUT2D eigenvalue weighted by atomic mass is 9.77. The zero-order valence-electron chi connectivity index (χ0n) is 19.9. The van der Waals surface area contributed by atoms with E-state index in [1.807, 2.05) is 6.07 Å². The average molecular weight is 510 g/mol. The highest BCUT2D eigenvalue weighted by molar-refractivity contribution is 7.88. The van der Waals surface area contributed by atoms with Crippen molar-refractivity contribution in [2.75, 3.05) is 18.1 Å². The molecule has 0 bridgehead atoms. The first-order chi connectivity index (χ1) is 17.0. The van der Waals surface area contributed by atoms with E-state index in [2.05, 4.69) is 30.1 Å². The highest BCUT2D eigenvalue weighted by Gasteiger charge is 2.39. The van der Waals surface area contributed by atoms with E-state index >= 15 is 0 Å². The van der Waals surface area contributed by atoms with Crippen LogP contribution in [0.3, 0.4) is 0 Å². The van der Waals surface area contributed by atoms with Crippen LogP contribution in [0.25, 0.3) is 22.6 Å². The van der Waals surface area contributed by atoms with E-state index in [1.165, 1.54) is 6.07 Å². The molecule has 1 aliphatic rings. The van der Waals surface area contributed by atoms with Gasteiger partial charge < -0.3 is 5.32 Å². The van der Waals surface area contributed by atoms with Gasteiger partial charge in [-0.2, -0.15) is 5.10 Å². The van der Waals surface area contributed by atoms with E-state index in [-0.39, 0.29) is 37.1 Å². The molecule has 4 heterocycles. The minimum absolute atomic E-state index is 0.0595. The second kappa shape index (κ2) is 8.71. The predicted molar refractivity (Wildman–Crippen MR) is 132 cm³/mol. The zero-order chi connectivity index (χ0) is 25.7. The number of hydrogen-bond donors (Lipinski definition) is 2. The summed E-state index contributed by atoms with van der Waals surface area (Å²) in [5.74, 6) is 0.266. The first kappa shape index (κ1) is 23.9. The summed E-state index contributed by atoms with van der Waals surface area (Å²) in [6.45, 7) is 3.64. The summed E-state index contributed by atoms with van der Waals surface area (Å²) in [4.78, 5) is 26.4. The normalized spacial score (nSPS) is 15.1. The van der Waals surface area contributed by atoms with Crippen LogP contribution in [0.1, 0.15) is 30.7 Å². The lowest BCUT2D eigenvalue weighted by molar-refractivity contribution is -0.122. The molecule has 10 nitrogen and oxygen atoms in total. The number of rotatable bonds is 6. The fraction of sp³-hybridized carbons (Fsp3) is 0.292. The van der Waals surface area contributed by atoms with Crippen LogP contribution >= 0.6 is 0 Å². The van der Waals surface area contributed by atoms with Crippen LogP contribution in [-0.4, -0.2) is 51.7 Å². The second-order valence-electron chi connectivity index (χ2n) is 9.18. The fourth-order valence-electron chi connectivity index (χ4n) is 4.32. The van der Waals surface area contributed by atoms with Gasteiger partial charge in [0, 0.05) is 17.3 Å². The average Bonchev–Trinajstić information content (AvgIpc) is 3.19.